The summed E-state index contributed by atoms with van der Waals surface area (Å²) < 4.78 is 17.1. The summed E-state index contributed by atoms with van der Waals surface area (Å²) in [7, 11) is 0.810. The molecule has 2 rings (SSSR count). The van der Waals surface area contributed by atoms with Crippen LogP contribution in [0.4, 0.5) is 0 Å². The third-order valence-electron chi connectivity index (χ3n) is 4.72. The van der Waals surface area contributed by atoms with Gasteiger partial charge in [0.2, 0.25) is 0 Å². The molecule has 1 aromatic carbocycles. The molecule has 0 atom stereocenters. The fourth-order valence-corrected chi connectivity index (χ4v) is 2.45. The van der Waals surface area contributed by atoms with Gasteiger partial charge in [0.15, 0.2) is 0 Å². The summed E-state index contributed by atoms with van der Waals surface area (Å²) in [5.74, 6) is 5.32. The average molecular weight is 348 g/mol. The number of carbonyl (C=O) groups excluding carboxylic acids is 1. The predicted molar refractivity (Wildman–Crippen MR) is 95.8 cm³/mol. The summed E-state index contributed by atoms with van der Waals surface area (Å²) in [5.41, 5.74) is 2.47. The van der Waals surface area contributed by atoms with E-state index in [4.69, 9.17) is 19.9 Å². The van der Waals surface area contributed by atoms with Crippen LogP contribution in [0, 0.1) is 0 Å². The summed E-state index contributed by atoms with van der Waals surface area (Å²) in [5, 5.41) is 9.80. The van der Waals surface area contributed by atoms with E-state index in [0.717, 1.165) is 0 Å². The first-order valence-corrected chi connectivity index (χ1v) is 8.01. The van der Waals surface area contributed by atoms with Gasteiger partial charge in [0.05, 0.1) is 30.5 Å². The van der Waals surface area contributed by atoms with Gasteiger partial charge in [0, 0.05) is 0 Å². The molecule has 8 heteroatoms. The van der Waals surface area contributed by atoms with Gasteiger partial charge >= 0.3 is 7.12 Å². The van der Waals surface area contributed by atoms with E-state index in [2.05, 4.69) is 5.43 Å². The number of aliphatic hydroxyl groups is 1. The molecule has 1 aromatic rings. The van der Waals surface area contributed by atoms with Crippen LogP contribution >= 0.6 is 0 Å². The zero-order valence-electron chi connectivity index (χ0n) is 15.3. The molecule has 1 aliphatic rings. The van der Waals surface area contributed by atoms with Crippen LogP contribution in [0.1, 0.15) is 43.6 Å². The number of hydrazine groups is 1. The van der Waals surface area contributed by atoms with E-state index in [-0.39, 0.29) is 6.61 Å². The molecule has 1 saturated heterocycles. The van der Waals surface area contributed by atoms with Gasteiger partial charge in [-0.05, 0) is 50.9 Å². The third-order valence-corrected chi connectivity index (χ3v) is 4.72. The standard InChI is InChI=1S/C17H25BN2O5/c1-16(2)17(3,4)25-18(24-16)12(10-21)8-11-6-7-13(23-5)9-14(11)15(22)20-19/h6-9,21H,10,19H2,1-5H3,(H,20,22). The largest absolute Gasteiger partial charge is 0.497 e. The zero-order valence-corrected chi connectivity index (χ0v) is 15.3. The molecule has 1 amide bonds. The number of nitrogen functional groups attached to an aromatic ring is 1. The van der Waals surface area contributed by atoms with Gasteiger partial charge in [0.25, 0.3) is 5.91 Å². The number of benzene rings is 1. The Bertz CT molecular complexity index is 672. The highest BCUT2D eigenvalue weighted by Crippen LogP contribution is 2.38. The van der Waals surface area contributed by atoms with Crippen molar-refractivity contribution in [1.29, 1.82) is 0 Å². The number of amides is 1. The topological polar surface area (TPSA) is 103 Å². The third kappa shape index (κ3) is 3.87. The maximum absolute atomic E-state index is 12.1. The van der Waals surface area contributed by atoms with E-state index in [0.29, 0.717) is 22.3 Å². The van der Waals surface area contributed by atoms with Crippen molar-refractivity contribution in [2.45, 2.75) is 38.9 Å². The molecule has 0 unspecified atom stereocenters. The number of aliphatic hydroxyl groups excluding tert-OH is 1. The lowest BCUT2D eigenvalue weighted by atomic mass is 9.77. The van der Waals surface area contributed by atoms with Crippen LogP contribution in [0.2, 0.25) is 0 Å². The van der Waals surface area contributed by atoms with Gasteiger partial charge in [-0.1, -0.05) is 12.1 Å². The van der Waals surface area contributed by atoms with Crippen molar-refractivity contribution in [1.82, 2.24) is 5.43 Å². The maximum Gasteiger partial charge on any atom is 0.492 e. The molecule has 0 spiro atoms. The van der Waals surface area contributed by atoms with Crippen LogP contribution in [-0.2, 0) is 9.31 Å². The number of carbonyl (C=O) groups is 1. The van der Waals surface area contributed by atoms with Crippen LogP contribution in [0.5, 0.6) is 5.75 Å². The van der Waals surface area contributed by atoms with Gasteiger partial charge in [-0.15, -0.1) is 0 Å². The van der Waals surface area contributed by atoms with Crippen molar-refractivity contribution in [3.63, 3.8) is 0 Å². The highest BCUT2D eigenvalue weighted by Gasteiger charge is 2.52. The summed E-state index contributed by atoms with van der Waals surface area (Å²) >= 11 is 0. The Morgan fingerprint density at radius 1 is 1.32 bits per heavy atom. The molecule has 7 nitrogen and oxygen atoms in total. The Hall–Kier alpha value is -1.87. The van der Waals surface area contributed by atoms with Gasteiger partial charge < -0.3 is 19.2 Å². The normalized spacial score (nSPS) is 19.0. The number of rotatable bonds is 5. The monoisotopic (exact) mass is 348 g/mol. The van der Waals surface area contributed by atoms with Crippen LogP contribution in [0.15, 0.2) is 23.7 Å². The van der Waals surface area contributed by atoms with Crippen LogP contribution in [0.3, 0.4) is 0 Å². The quantitative estimate of drug-likeness (QED) is 0.321. The number of hydrogen-bond donors (Lipinski definition) is 3. The molecule has 0 aromatic heterocycles. The second kappa shape index (κ2) is 7.17. The molecule has 0 bridgehead atoms. The molecule has 1 aliphatic heterocycles. The van der Waals surface area contributed by atoms with Gasteiger partial charge in [-0.3, -0.25) is 10.2 Å². The highest BCUT2D eigenvalue weighted by atomic mass is 16.7. The molecule has 1 fully saturated rings. The van der Waals surface area contributed by atoms with Gasteiger partial charge in [-0.25, -0.2) is 5.84 Å². The lowest BCUT2D eigenvalue weighted by Crippen LogP contribution is -2.41. The summed E-state index contributed by atoms with van der Waals surface area (Å²) in [6.07, 6.45) is 1.67. The van der Waals surface area contributed by atoms with Gasteiger partial charge in [-0.2, -0.15) is 0 Å². The minimum Gasteiger partial charge on any atom is -0.497 e. The van der Waals surface area contributed by atoms with Crippen molar-refractivity contribution in [2.24, 2.45) is 5.84 Å². The summed E-state index contributed by atoms with van der Waals surface area (Å²) in [4.78, 5) is 12.1. The van der Waals surface area contributed by atoms with Crippen molar-refractivity contribution < 1.29 is 23.9 Å². The SMILES string of the molecule is COc1ccc(C=C(CO)B2OC(C)(C)C(C)(C)O2)c(C(=O)NN)c1. The summed E-state index contributed by atoms with van der Waals surface area (Å²) in [6.45, 7) is 7.46. The first-order chi connectivity index (χ1) is 11.6. The smallest absolute Gasteiger partial charge is 0.492 e. The van der Waals surface area contributed by atoms with E-state index < -0.39 is 24.2 Å². The average Bonchev–Trinajstić information content (AvgIpc) is 2.79. The van der Waals surface area contributed by atoms with E-state index in [1.165, 1.54) is 7.11 Å². The number of nitrogens with one attached hydrogen (secondary N) is 1. The van der Waals surface area contributed by atoms with E-state index in [9.17, 15) is 9.90 Å². The molecule has 0 radical (unpaired) electrons. The Labute approximate surface area is 148 Å². The first-order valence-electron chi connectivity index (χ1n) is 8.01. The molecule has 136 valence electrons. The number of ether oxygens (including phenoxy) is 1. The van der Waals surface area contributed by atoms with Crippen molar-refractivity contribution in [2.75, 3.05) is 13.7 Å². The maximum atomic E-state index is 12.1. The molecular weight excluding hydrogens is 323 g/mol. The Morgan fingerprint density at radius 3 is 2.40 bits per heavy atom. The van der Waals surface area contributed by atoms with Crippen molar-refractivity contribution in [3.8, 4) is 5.75 Å². The van der Waals surface area contributed by atoms with E-state index in [1.54, 1.807) is 24.3 Å². The Balaban J connectivity index is 2.42. The summed E-state index contributed by atoms with van der Waals surface area (Å²) in [6, 6.07) is 5.01. The Kier molecular flexibility index (Phi) is 5.58. The van der Waals surface area contributed by atoms with Gasteiger partial charge in [0.1, 0.15) is 5.75 Å². The van der Waals surface area contributed by atoms with E-state index in [1.807, 2.05) is 27.7 Å². The molecule has 0 aliphatic carbocycles. The lowest BCUT2D eigenvalue weighted by Gasteiger charge is -2.32. The minimum absolute atomic E-state index is 0.271. The van der Waals surface area contributed by atoms with Crippen LogP contribution in [-0.4, -0.2) is 43.1 Å². The number of methoxy groups -OCH3 is 1. The van der Waals surface area contributed by atoms with Crippen molar-refractivity contribution >= 4 is 19.1 Å². The molecule has 1 heterocycles. The highest BCUT2D eigenvalue weighted by molar-refractivity contribution is 6.55. The van der Waals surface area contributed by atoms with Crippen LogP contribution < -0.4 is 16.0 Å². The first kappa shape index (κ1) is 19.5. The lowest BCUT2D eigenvalue weighted by molar-refractivity contribution is 0.00578. The molecular formula is C17H25BN2O5. The molecule has 25 heavy (non-hydrogen) atoms. The Morgan fingerprint density at radius 2 is 1.92 bits per heavy atom. The molecule has 4 N–H and O–H groups in total. The number of hydrogen-bond acceptors (Lipinski definition) is 6. The fraction of sp³-hybridized carbons (Fsp3) is 0.471. The fourth-order valence-electron chi connectivity index (χ4n) is 2.45. The van der Waals surface area contributed by atoms with E-state index >= 15 is 0 Å². The second-order valence-electron chi connectivity index (χ2n) is 6.89. The van der Waals surface area contributed by atoms with Crippen LogP contribution in [0.25, 0.3) is 6.08 Å². The predicted octanol–water partition coefficient (Wildman–Crippen LogP) is 1.31. The molecule has 0 saturated carbocycles. The zero-order chi connectivity index (χ0) is 18.8. The second-order valence-corrected chi connectivity index (χ2v) is 6.89. The number of nitrogens with two attached hydrogens (primary N) is 1. The van der Waals surface area contributed by atoms with Crippen molar-refractivity contribution in [3.05, 3.63) is 34.8 Å². The minimum atomic E-state index is -0.703.